The van der Waals surface area contributed by atoms with Crippen molar-refractivity contribution in [3.8, 4) is 5.75 Å². The molecule has 0 radical (unpaired) electrons. The molecule has 0 saturated heterocycles. The van der Waals surface area contributed by atoms with E-state index in [1.165, 1.54) is 4.90 Å². The summed E-state index contributed by atoms with van der Waals surface area (Å²) in [5.74, 6) is 0.0895. The molecular weight excluding hydrogens is 398 g/mol. The highest BCUT2D eigenvalue weighted by Gasteiger charge is 2.16. The summed E-state index contributed by atoms with van der Waals surface area (Å²) in [4.78, 5) is 30.9. The number of thiazole rings is 1. The number of rotatable bonds is 7. The van der Waals surface area contributed by atoms with Crippen LogP contribution >= 0.6 is 11.3 Å². The lowest BCUT2D eigenvalue weighted by atomic mass is 10.1. The predicted octanol–water partition coefficient (Wildman–Crippen LogP) is 4.36. The van der Waals surface area contributed by atoms with E-state index in [1.54, 1.807) is 42.6 Å². The summed E-state index contributed by atoms with van der Waals surface area (Å²) in [5.41, 5.74) is 4.11. The van der Waals surface area contributed by atoms with E-state index in [-0.39, 0.29) is 18.4 Å². The first-order chi connectivity index (χ1) is 14.3. The fourth-order valence-electron chi connectivity index (χ4n) is 2.92. The molecule has 0 aliphatic heterocycles. The number of nitrogens with one attached hydrogen (secondary N) is 1. The zero-order valence-corrected chi connectivity index (χ0v) is 18.4. The van der Waals surface area contributed by atoms with Crippen molar-refractivity contribution in [2.45, 2.75) is 27.4 Å². The van der Waals surface area contributed by atoms with Crippen LogP contribution in [0.4, 0.5) is 5.69 Å². The Balaban J connectivity index is 1.59. The molecule has 0 saturated carbocycles. The summed E-state index contributed by atoms with van der Waals surface area (Å²) >= 11 is 1.57. The Morgan fingerprint density at radius 3 is 2.67 bits per heavy atom. The van der Waals surface area contributed by atoms with Crippen LogP contribution in [-0.4, -0.2) is 35.3 Å². The van der Waals surface area contributed by atoms with Crippen molar-refractivity contribution in [3.63, 3.8) is 0 Å². The van der Waals surface area contributed by atoms with Crippen molar-refractivity contribution in [2.24, 2.45) is 0 Å². The first-order valence-electron chi connectivity index (χ1n) is 9.58. The third-order valence-corrected chi connectivity index (χ3v) is 5.35. The maximum absolute atomic E-state index is 12.8. The number of aryl methyl sites for hydroxylation is 3. The second kappa shape index (κ2) is 9.54. The van der Waals surface area contributed by atoms with E-state index in [4.69, 9.17) is 4.74 Å². The monoisotopic (exact) mass is 423 g/mol. The van der Waals surface area contributed by atoms with E-state index in [0.29, 0.717) is 17.9 Å². The summed E-state index contributed by atoms with van der Waals surface area (Å²) in [5, 5.41) is 5.81. The Bertz CT molecular complexity index is 1060. The van der Waals surface area contributed by atoms with Crippen molar-refractivity contribution in [2.75, 3.05) is 18.9 Å². The smallest absolute Gasteiger partial charge is 0.254 e. The van der Waals surface area contributed by atoms with Gasteiger partial charge in [0.2, 0.25) is 5.91 Å². The molecule has 1 heterocycles. The average molecular weight is 424 g/mol. The lowest BCUT2D eigenvalue weighted by molar-refractivity contribution is -0.116. The van der Waals surface area contributed by atoms with Gasteiger partial charge in [-0.1, -0.05) is 18.2 Å². The first kappa shape index (κ1) is 21.5. The Kier molecular flexibility index (Phi) is 6.84. The van der Waals surface area contributed by atoms with Gasteiger partial charge in [0.1, 0.15) is 12.4 Å². The molecule has 0 aliphatic carbocycles. The maximum Gasteiger partial charge on any atom is 0.254 e. The number of carbonyl (C=O) groups is 2. The minimum absolute atomic E-state index is 0.0462. The van der Waals surface area contributed by atoms with Crippen molar-refractivity contribution in [1.82, 2.24) is 9.88 Å². The van der Waals surface area contributed by atoms with E-state index in [2.05, 4.69) is 10.3 Å². The van der Waals surface area contributed by atoms with Gasteiger partial charge in [0.05, 0.1) is 17.2 Å². The van der Waals surface area contributed by atoms with Crippen LogP contribution in [0.2, 0.25) is 0 Å². The zero-order chi connectivity index (χ0) is 21.7. The van der Waals surface area contributed by atoms with Gasteiger partial charge < -0.3 is 15.0 Å². The van der Waals surface area contributed by atoms with Crippen molar-refractivity contribution in [3.05, 3.63) is 75.2 Å². The van der Waals surface area contributed by atoms with E-state index in [9.17, 15) is 9.59 Å². The van der Waals surface area contributed by atoms with Crippen LogP contribution in [-0.2, 0) is 11.4 Å². The molecule has 0 aliphatic rings. The highest BCUT2D eigenvalue weighted by molar-refractivity contribution is 7.09. The van der Waals surface area contributed by atoms with E-state index >= 15 is 0 Å². The SMILES string of the molecule is Cc1ccc(C)c(NC(=O)CN(C)C(=O)c2cccc(OCc3csc(C)n3)c2)c1. The fourth-order valence-corrected chi connectivity index (χ4v) is 3.52. The molecular formula is C23H25N3O3S. The quantitative estimate of drug-likeness (QED) is 0.613. The van der Waals surface area contributed by atoms with Gasteiger partial charge in [-0.15, -0.1) is 11.3 Å². The molecule has 1 N–H and O–H groups in total. The fraction of sp³-hybridized carbons (Fsp3) is 0.261. The van der Waals surface area contributed by atoms with Gasteiger partial charge in [-0.2, -0.15) is 0 Å². The van der Waals surface area contributed by atoms with E-state index in [0.717, 1.165) is 27.5 Å². The van der Waals surface area contributed by atoms with Gasteiger partial charge in [0.25, 0.3) is 5.91 Å². The molecule has 1 aromatic heterocycles. The average Bonchev–Trinajstić information content (AvgIpc) is 3.14. The Morgan fingerprint density at radius 2 is 1.93 bits per heavy atom. The molecule has 156 valence electrons. The first-order valence-corrected chi connectivity index (χ1v) is 10.5. The van der Waals surface area contributed by atoms with Gasteiger partial charge >= 0.3 is 0 Å². The standard InChI is InChI=1S/C23H25N3O3S/c1-15-8-9-16(2)21(10-15)25-22(27)12-26(4)23(28)18-6-5-7-20(11-18)29-13-19-14-30-17(3)24-19/h5-11,14H,12-13H2,1-4H3,(H,25,27). The molecule has 3 rings (SSSR count). The molecule has 0 unspecified atom stereocenters. The highest BCUT2D eigenvalue weighted by Crippen LogP contribution is 2.18. The molecule has 6 nitrogen and oxygen atoms in total. The lowest BCUT2D eigenvalue weighted by Gasteiger charge is -2.18. The number of carbonyl (C=O) groups excluding carboxylic acids is 2. The third-order valence-electron chi connectivity index (χ3n) is 4.53. The number of amides is 2. The van der Waals surface area contributed by atoms with Crippen LogP contribution in [0.1, 0.15) is 32.2 Å². The van der Waals surface area contributed by atoms with Crippen molar-refractivity contribution < 1.29 is 14.3 Å². The van der Waals surface area contributed by atoms with Gasteiger partial charge in [0, 0.05) is 23.7 Å². The molecule has 30 heavy (non-hydrogen) atoms. The Labute approximate surface area is 180 Å². The summed E-state index contributed by atoms with van der Waals surface area (Å²) in [6.07, 6.45) is 0. The highest BCUT2D eigenvalue weighted by atomic mass is 32.1. The molecule has 0 atom stereocenters. The summed E-state index contributed by atoms with van der Waals surface area (Å²) < 4.78 is 5.75. The lowest BCUT2D eigenvalue weighted by Crippen LogP contribution is -2.35. The Morgan fingerprint density at radius 1 is 1.13 bits per heavy atom. The molecule has 0 spiro atoms. The summed E-state index contributed by atoms with van der Waals surface area (Å²) in [7, 11) is 1.61. The maximum atomic E-state index is 12.8. The molecule has 2 aromatic carbocycles. The largest absolute Gasteiger partial charge is 0.487 e. The van der Waals surface area contributed by atoms with Crippen LogP contribution < -0.4 is 10.1 Å². The Hall–Kier alpha value is -3.19. The molecule has 3 aromatic rings. The number of likely N-dealkylation sites (N-methyl/N-ethyl adjacent to an activating group) is 1. The van der Waals surface area contributed by atoms with Crippen molar-refractivity contribution in [1.29, 1.82) is 0 Å². The molecule has 0 bridgehead atoms. The number of aromatic nitrogens is 1. The number of hydrogen-bond acceptors (Lipinski definition) is 5. The zero-order valence-electron chi connectivity index (χ0n) is 17.6. The van der Waals surface area contributed by atoms with Crippen LogP contribution in [0.5, 0.6) is 5.75 Å². The van der Waals surface area contributed by atoms with E-state index in [1.807, 2.05) is 44.4 Å². The number of benzene rings is 2. The number of nitrogens with zero attached hydrogens (tertiary/aromatic N) is 2. The topological polar surface area (TPSA) is 71.5 Å². The van der Waals surface area contributed by atoms with Crippen molar-refractivity contribution >= 4 is 28.8 Å². The van der Waals surface area contributed by atoms with Gasteiger partial charge in [-0.25, -0.2) is 4.98 Å². The van der Waals surface area contributed by atoms with E-state index < -0.39 is 0 Å². The third kappa shape index (κ3) is 5.67. The van der Waals surface area contributed by atoms with Crippen LogP contribution in [0.15, 0.2) is 47.8 Å². The molecule has 0 fully saturated rings. The molecule has 2 amide bonds. The van der Waals surface area contributed by atoms with Crippen LogP contribution in [0.3, 0.4) is 0 Å². The summed E-state index contributed by atoms with van der Waals surface area (Å²) in [6.45, 7) is 6.14. The normalized spacial score (nSPS) is 10.5. The van der Waals surface area contributed by atoms with Gasteiger partial charge in [-0.3, -0.25) is 9.59 Å². The molecule has 7 heteroatoms. The van der Waals surface area contributed by atoms with Crippen LogP contribution in [0.25, 0.3) is 0 Å². The summed E-state index contributed by atoms with van der Waals surface area (Å²) in [6, 6.07) is 12.8. The number of anilines is 1. The van der Waals surface area contributed by atoms with Crippen LogP contribution in [0, 0.1) is 20.8 Å². The second-order valence-corrected chi connectivity index (χ2v) is 8.26. The number of ether oxygens (including phenoxy) is 1. The number of hydrogen-bond donors (Lipinski definition) is 1. The minimum Gasteiger partial charge on any atom is -0.487 e. The minimum atomic E-state index is -0.249. The van der Waals surface area contributed by atoms with Gasteiger partial charge in [0.15, 0.2) is 0 Å². The van der Waals surface area contributed by atoms with Gasteiger partial charge in [-0.05, 0) is 56.2 Å². The second-order valence-electron chi connectivity index (χ2n) is 7.20. The predicted molar refractivity (Wildman–Crippen MR) is 119 cm³/mol.